The number of nitrogens with two attached hydrogens (primary N) is 1. The molecule has 7 rings (SSSR count). The average Bonchev–Trinajstić information content (AvgIpc) is 3.71. The van der Waals surface area contributed by atoms with Crippen molar-refractivity contribution in [1.29, 1.82) is 0 Å². The van der Waals surface area contributed by atoms with Crippen molar-refractivity contribution in [2.24, 2.45) is 0 Å². The molecule has 0 saturated carbocycles. The fourth-order valence-corrected chi connectivity index (χ4v) is 6.96. The predicted octanol–water partition coefficient (Wildman–Crippen LogP) is 6.84. The Morgan fingerprint density at radius 3 is 2.71 bits per heavy atom. The number of ketones is 1. The second kappa shape index (κ2) is 12.5. The smallest absolute Gasteiger partial charge is 0.195 e. The van der Waals surface area contributed by atoms with E-state index in [0.717, 1.165) is 64.7 Å². The van der Waals surface area contributed by atoms with Gasteiger partial charge in [-0.3, -0.25) is 4.79 Å². The number of aromatic nitrogens is 2. The van der Waals surface area contributed by atoms with Crippen molar-refractivity contribution in [2.45, 2.75) is 38.0 Å². The molecule has 2 aromatic heterocycles. The molecule has 45 heavy (non-hydrogen) atoms. The van der Waals surface area contributed by atoms with Crippen LogP contribution in [-0.2, 0) is 19.4 Å². The summed E-state index contributed by atoms with van der Waals surface area (Å²) in [6.45, 7) is 0.780. The topological polar surface area (TPSA) is 104 Å². The van der Waals surface area contributed by atoms with E-state index in [1.165, 1.54) is 10.4 Å². The summed E-state index contributed by atoms with van der Waals surface area (Å²) in [5.41, 5.74) is 13.5. The van der Waals surface area contributed by atoms with Crippen molar-refractivity contribution in [1.82, 2.24) is 15.3 Å². The summed E-state index contributed by atoms with van der Waals surface area (Å²) in [5.74, 6) is 6.31. The van der Waals surface area contributed by atoms with Gasteiger partial charge in [0.2, 0.25) is 0 Å². The van der Waals surface area contributed by atoms with Gasteiger partial charge in [-0.05, 0) is 71.7 Å². The number of carbonyl (C=O) groups excluding carboxylic acids is 1. The molecular formula is C38H32N4O2S. The lowest BCUT2D eigenvalue weighted by Crippen LogP contribution is -2.33. The Morgan fingerprint density at radius 2 is 1.87 bits per heavy atom. The molecule has 0 radical (unpaired) electrons. The number of rotatable bonds is 7. The molecular weight excluding hydrogens is 577 g/mol. The molecule has 5 N–H and O–H groups in total. The number of fused-ring (bicyclic) bond motifs is 2. The lowest BCUT2D eigenvalue weighted by atomic mass is 9.88. The molecule has 2 atom stereocenters. The highest BCUT2D eigenvalue weighted by molar-refractivity contribution is 7.15. The molecule has 0 amide bonds. The van der Waals surface area contributed by atoms with E-state index in [9.17, 15) is 9.90 Å². The van der Waals surface area contributed by atoms with Crippen LogP contribution in [0.1, 0.15) is 55.7 Å². The van der Waals surface area contributed by atoms with E-state index in [0.29, 0.717) is 22.3 Å². The third-order valence-electron chi connectivity index (χ3n) is 8.39. The molecule has 1 aliphatic rings. The van der Waals surface area contributed by atoms with Gasteiger partial charge in [0.1, 0.15) is 6.10 Å². The van der Waals surface area contributed by atoms with Crippen LogP contribution in [0.25, 0.3) is 22.0 Å². The lowest BCUT2D eigenvalue weighted by Gasteiger charge is -2.22. The number of hydrogen-bond donors (Lipinski definition) is 4. The Kier molecular flexibility index (Phi) is 8.02. The number of anilines is 1. The summed E-state index contributed by atoms with van der Waals surface area (Å²) in [6.07, 6.45) is 3.56. The number of Topliss-reactive ketones (excluding diaryl/α,β-unsaturated/α-hetero) is 1. The van der Waals surface area contributed by atoms with Gasteiger partial charge >= 0.3 is 0 Å². The number of thiazole rings is 1. The van der Waals surface area contributed by atoms with Gasteiger partial charge in [0, 0.05) is 51.4 Å². The van der Waals surface area contributed by atoms with Gasteiger partial charge in [-0.2, -0.15) is 0 Å². The number of nitrogen functional groups attached to an aromatic ring is 1. The number of aliphatic hydroxyl groups is 1. The van der Waals surface area contributed by atoms with Crippen LogP contribution in [0.15, 0.2) is 103 Å². The summed E-state index contributed by atoms with van der Waals surface area (Å²) in [6, 6.07) is 31.3. The normalized spacial score (nSPS) is 14.8. The molecule has 2 unspecified atom stereocenters. The molecule has 0 bridgehead atoms. The molecule has 2 heterocycles. The van der Waals surface area contributed by atoms with Crippen LogP contribution < -0.4 is 11.1 Å². The van der Waals surface area contributed by atoms with E-state index in [1.807, 2.05) is 66.9 Å². The van der Waals surface area contributed by atoms with E-state index in [2.05, 4.69) is 39.3 Å². The van der Waals surface area contributed by atoms with Crippen molar-refractivity contribution in [3.05, 3.63) is 142 Å². The van der Waals surface area contributed by atoms with Gasteiger partial charge in [0.15, 0.2) is 10.9 Å². The Bertz CT molecular complexity index is 2050. The first-order valence-electron chi connectivity index (χ1n) is 15.1. The van der Waals surface area contributed by atoms with E-state index in [4.69, 9.17) is 5.73 Å². The van der Waals surface area contributed by atoms with Gasteiger partial charge in [-0.25, -0.2) is 4.98 Å². The molecule has 0 aliphatic heterocycles. The summed E-state index contributed by atoms with van der Waals surface area (Å²) in [7, 11) is 0. The van der Waals surface area contributed by atoms with Crippen molar-refractivity contribution in [3.8, 4) is 23.0 Å². The predicted molar refractivity (Wildman–Crippen MR) is 181 cm³/mol. The maximum Gasteiger partial charge on any atom is 0.195 e. The molecule has 0 fully saturated rings. The van der Waals surface area contributed by atoms with Gasteiger partial charge in [0.05, 0.1) is 5.69 Å². The zero-order valence-electron chi connectivity index (χ0n) is 24.6. The largest absolute Gasteiger partial charge is 0.380 e. The fourth-order valence-electron chi connectivity index (χ4n) is 6.01. The monoisotopic (exact) mass is 608 g/mol. The first kappa shape index (κ1) is 28.8. The molecule has 0 saturated heterocycles. The minimum atomic E-state index is -1.33. The highest BCUT2D eigenvalue weighted by Gasteiger charge is 2.24. The van der Waals surface area contributed by atoms with Crippen LogP contribution in [0.2, 0.25) is 0 Å². The third kappa shape index (κ3) is 6.17. The number of aliphatic hydroxyl groups excluding tert-OH is 1. The van der Waals surface area contributed by atoms with E-state index in [-0.39, 0.29) is 5.78 Å². The van der Waals surface area contributed by atoms with Crippen molar-refractivity contribution in [3.63, 3.8) is 0 Å². The fraction of sp³-hybridized carbons (Fsp3) is 0.158. The van der Waals surface area contributed by atoms with E-state index >= 15 is 0 Å². The molecule has 1 aliphatic carbocycles. The highest BCUT2D eigenvalue weighted by atomic mass is 32.1. The second-order valence-electron chi connectivity index (χ2n) is 11.4. The Labute approximate surface area is 266 Å². The first-order chi connectivity index (χ1) is 22.0. The number of carbonyl (C=O) groups is 1. The molecule has 6 aromatic rings. The summed E-state index contributed by atoms with van der Waals surface area (Å²) in [5, 5.41) is 16.8. The van der Waals surface area contributed by atoms with Gasteiger partial charge in [-0.1, -0.05) is 78.6 Å². The number of aromatic amines is 1. The third-order valence-corrected chi connectivity index (χ3v) is 9.34. The molecule has 6 nitrogen and oxygen atoms in total. The van der Waals surface area contributed by atoms with Crippen LogP contribution in [0.4, 0.5) is 5.13 Å². The number of benzene rings is 4. The van der Waals surface area contributed by atoms with Gasteiger partial charge < -0.3 is 21.1 Å². The Balaban J connectivity index is 1.14. The van der Waals surface area contributed by atoms with Crippen LogP contribution in [0, 0.1) is 11.8 Å². The van der Waals surface area contributed by atoms with Crippen LogP contribution in [0.5, 0.6) is 0 Å². The van der Waals surface area contributed by atoms with E-state index < -0.39 is 6.10 Å². The molecule has 4 aromatic carbocycles. The number of nitrogens with zero attached hydrogens (tertiary/aromatic N) is 1. The Morgan fingerprint density at radius 1 is 1.02 bits per heavy atom. The summed E-state index contributed by atoms with van der Waals surface area (Å²) < 4.78 is 0. The van der Waals surface area contributed by atoms with Crippen molar-refractivity contribution < 1.29 is 9.90 Å². The average molecular weight is 609 g/mol. The van der Waals surface area contributed by atoms with Crippen molar-refractivity contribution in [2.75, 3.05) is 5.73 Å². The zero-order valence-corrected chi connectivity index (χ0v) is 25.4. The standard InChI is InChI=1S/C38H32N4O2S/c39-38-42-32-18-17-30(22-34(32)45-38)41-23-25-11-9-24(10-12-25)13-14-27-7-4-8-31(37(44)36(43)28-5-2-1-3-6-28)35(27)29-16-15-26-19-20-40-33(26)21-29/h1-12,15-16,19-21,30,37,40-41,44H,17-18,22-23H2,(H2,39,42). The minimum Gasteiger partial charge on any atom is -0.380 e. The molecule has 0 spiro atoms. The highest BCUT2D eigenvalue weighted by Crippen LogP contribution is 2.35. The SMILES string of the molecule is Nc1nc2c(s1)CC(NCc1ccc(C#Cc3cccc(C(O)C(=O)c4ccccc4)c3-c3ccc4cc[nH]c4c3)cc1)CC2. The van der Waals surface area contributed by atoms with E-state index in [1.54, 1.807) is 35.6 Å². The minimum absolute atomic E-state index is 0.350. The summed E-state index contributed by atoms with van der Waals surface area (Å²) >= 11 is 1.60. The number of H-pyrrole nitrogens is 1. The first-order valence-corrected chi connectivity index (χ1v) is 15.9. The quantitative estimate of drug-likeness (QED) is 0.117. The molecule has 7 heteroatoms. The number of hydrogen-bond acceptors (Lipinski definition) is 6. The number of aryl methyl sites for hydroxylation is 1. The van der Waals surface area contributed by atoms with Gasteiger partial charge in [0.25, 0.3) is 0 Å². The second-order valence-corrected chi connectivity index (χ2v) is 12.5. The van der Waals surface area contributed by atoms with Crippen LogP contribution in [0.3, 0.4) is 0 Å². The number of nitrogens with one attached hydrogen (secondary N) is 2. The van der Waals surface area contributed by atoms with Crippen molar-refractivity contribution >= 4 is 33.2 Å². The molecule has 222 valence electrons. The van der Waals surface area contributed by atoms with Crippen LogP contribution >= 0.6 is 11.3 Å². The maximum atomic E-state index is 13.3. The van der Waals surface area contributed by atoms with Gasteiger partial charge in [-0.15, -0.1) is 11.3 Å². The van der Waals surface area contributed by atoms with Crippen LogP contribution in [-0.4, -0.2) is 26.9 Å². The maximum absolute atomic E-state index is 13.3. The lowest BCUT2D eigenvalue weighted by molar-refractivity contribution is 0.0748. The summed E-state index contributed by atoms with van der Waals surface area (Å²) in [4.78, 5) is 22.3. The Hall–Kier alpha value is -5.00. The zero-order chi connectivity index (χ0) is 30.8.